The van der Waals surface area contributed by atoms with Gasteiger partial charge in [-0.2, -0.15) is 5.26 Å². The van der Waals surface area contributed by atoms with Crippen molar-refractivity contribution in [1.29, 1.82) is 5.26 Å². The van der Waals surface area contributed by atoms with Gasteiger partial charge < -0.3 is 20.2 Å². The van der Waals surface area contributed by atoms with Crippen molar-refractivity contribution < 1.29 is 13.6 Å². The van der Waals surface area contributed by atoms with Crippen molar-refractivity contribution in [3.05, 3.63) is 82.4 Å². The van der Waals surface area contributed by atoms with Gasteiger partial charge in [0.2, 0.25) is 5.69 Å². The van der Waals surface area contributed by atoms with Gasteiger partial charge in [-0.25, -0.2) is 19.2 Å². The number of thioether (sulfide) groups is 1. The van der Waals surface area contributed by atoms with Crippen molar-refractivity contribution in [3.63, 3.8) is 0 Å². The molecule has 0 bridgehead atoms. The summed E-state index contributed by atoms with van der Waals surface area (Å²) in [5, 5.41) is 16.4. The van der Waals surface area contributed by atoms with E-state index in [-0.39, 0.29) is 34.0 Å². The number of anilines is 3. The number of hydrogen-bond acceptors (Lipinski definition) is 9. The number of rotatable bonds is 11. The first-order valence-corrected chi connectivity index (χ1v) is 18.7. The van der Waals surface area contributed by atoms with Crippen molar-refractivity contribution in [2.75, 3.05) is 17.7 Å². The normalized spacial score (nSPS) is 12.3. The zero-order valence-electron chi connectivity index (χ0n) is 25.6. The standard InChI is InChI=1S/C32H35FN6O2S2Si/c1-20(41-44(6,7)32(2,3)4)17-40-25-14-8-21(9-15-25)27-26(16-34)30(39-29(35)28(27)36-5)42-18-24-19-43-31(38-24)37-23-12-10-22(33)11-13-23/h8-15,19-20H,17-18H2,1-4,6-7H3,(H2,35,39)(H,37,38). The molecule has 44 heavy (non-hydrogen) atoms. The summed E-state index contributed by atoms with van der Waals surface area (Å²) >= 11 is 2.74. The number of benzene rings is 2. The van der Waals surface area contributed by atoms with Gasteiger partial charge >= 0.3 is 0 Å². The van der Waals surface area contributed by atoms with Gasteiger partial charge in [0.1, 0.15) is 35.1 Å². The zero-order valence-corrected chi connectivity index (χ0v) is 28.2. The predicted molar refractivity (Wildman–Crippen MR) is 180 cm³/mol. The van der Waals surface area contributed by atoms with Crippen molar-refractivity contribution >= 4 is 53.7 Å². The molecule has 4 rings (SSSR count). The molecule has 0 fully saturated rings. The van der Waals surface area contributed by atoms with Crippen LogP contribution in [0, 0.1) is 23.7 Å². The Labute approximate surface area is 267 Å². The van der Waals surface area contributed by atoms with Crippen molar-refractivity contribution in [1.82, 2.24) is 9.97 Å². The minimum absolute atomic E-state index is 0.0605. The lowest BCUT2D eigenvalue weighted by Crippen LogP contribution is -2.44. The summed E-state index contributed by atoms with van der Waals surface area (Å²) in [6, 6.07) is 15.6. The molecule has 0 aliphatic carbocycles. The van der Waals surface area contributed by atoms with Gasteiger partial charge in [-0.05, 0) is 67.0 Å². The van der Waals surface area contributed by atoms with Gasteiger partial charge in [0.15, 0.2) is 13.4 Å². The minimum atomic E-state index is -1.91. The number of nitrogens with two attached hydrogens (primary N) is 1. The number of pyridine rings is 1. The molecule has 228 valence electrons. The molecule has 0 aliphatic heterocycles. The molecule has 12 heteroatoms. The Morgan fingerprint density at radius 1 is 1.16 bits per heavy atom. The molecule has 8 nitrogen and oxygen atoms in total. The van der Waals surface area contributed by atoms with Crippen LogP contribution in [-0.2, 0) is 10.2 Å². The molecule has 1 atom stereocenters. The Morgan fingerprint density at radius 2 is 1.84 bits per heavy atom. The molecule has 2 aromatic heterocycles. The van der Waals surface area contributed by atoms with E-state index >= 15 is 0 Å². The molecule has 0 aliphatic rings. The second kappa shape index (κ2) is 13.8. The van der Waals surface area contributed by atoms with Crippen LogP contribution in [0.5, 0.6) is 5.75 Å². The van der Waals surface area contributed by atoms with Crippen LogP contribution in [0.1, 0.15) is 39.0 Å². The summed E-state index contributed by atoms with van der Waals surface area (Å²) in [4.78, 5) is 12.6. The molecule has 0 saturated heterocycles. The van der Waals surface area contributed by atoms with E-state index in [1.807, 2.05) is 36.6 Å². The highest BCUT2D eigenvalue weighted by Gasteiger charge is 2.38. The first kappa shape index (κ1) is 33.0. The Hall–Kier alpha value is -3.94. The van der Waals surface area contributed by atoms with Crippen LogP contribution in [0.15, 0.2) is 58.9 Å². The monoisotopic (exact) mass is 646 g/mol. The number of nitrogen functional groups attached to an aromatic ring is 1. The molecule has 0 amide bonds. The second-order valence-corrected chi connectivity index (χ2v) is 18.3. The van der Waals surface area contributed by atoms with Crippen molar-refractivity contribution in [2.24, 2.45) is 0 Å². The Balaban J connectivity index is 1.49. The quantitative estimate of drug-likeness (QED) is 0.0943. The summed E-state index contributed by atoms with van der Waals surface area (Å²) in [6.07, 6.45) is -0.0680. The topological polar surface area (TPSA) is 110 Å². The fourth-order valence-corrected chi connectivity index (χ4v) is 7.20. The fourth-order valence-electron chi connectivity index (χ4n) is 4.05. The molecular formula is C32H35FN6O2S2Si. The molecule has 0 saturated carbocycles. The number of hydrogen-bond donors (Lipinski definition) is 2. The van der Waals surface area contributed by atoms with E-state index in [0.29, 0.717) is 39.4 Å². The van der Waals surface area contributed by atoms with E-state index < -0.39 is 8.32 Å². The van der Waals surface area contributed by atoms with Gasteiger partial charge in [-0.1, -0.05) is 44.7 Å². The maximum absolute atomic E-state index is 13.2. The van der Waals surface area contributed by atoms with E-state index in [0.717, 1.165) is 11.4 Å². The Bertz CT molecular complexity index is 1690. The summed E-state index contributed by atoms with van der Waals surface area (Å²) in [7, 11) is -1.91. The molecular weight excluding hydrogens is 612 g/mol. The smallest absolute Gasteiger partial charge is 0.236 e. The van der Waals surface area contributed by atoms with E-state index in [1.54, 1.807) is 12.1 Å². The number of ether oxygens (including phenoxy) is 1. The third-order valence-corrected chi connectivity index (χ3v) is 13.7. The fraction of sp³-hybridized carbons (Fsp3) is 0.312. The molecule has 1 unspecified atom stereocenters. The van der Waals surface area contributed by atoms with Gasteiger partial charge in [-0.15, -0.1) is 11.3 Å². The van der Waals surface area contributed by atoms with Gasteiger partial charge in [-0.3, -0.25) is 0 Å². The average Bonchev–Trinajstić information content (AvgIpc) is 3.42. The Kier molecular flexibility index (Phi) is 10.3. The summed E-state index contributed by atoms with van der Waals surface area (Å²) in [5.74, 6) is 0.844. The number of thiazole rings is 1. The minimum Gasteiger partial charge on any atom is -0.491 e. The molecule has 0 radical (unpaired) electrons. The van der Waals surface area contributed by atoms with Crippen LogP contribution in [-0.4, -0.2) is 31.0 Å². The van der Waals surface area contributed by atoms with Crippen LogP contribution in [0.2, 0.25) is 18.1 Å². The van der Waals surface area contributed by atoms with Crippen molar-refractivity contribution in [3.8, 4) is 22.9 Å². The first-order valence-electron chi connectivity index (χ1n) is 13.9. The van der Waals surface area contributed by atoms with Crippen LogP contribution in [0.25, 0.3) is 16.0 Å². The second-order valence-electron chi connectivity index (χ2n) is 11.7. The van der Waals surface area contributed by atoms with Crippen LogP contribution in [0.4, 0.5) is 26.7 Å². The van der Waals surface area contributed by atoms with Gasteiger partial charge in [0.05, 0.1) is 23.9 Å². The van der Waals surface area contributed by atoms with E-state index in [4.69, 9.17) is 21.5 Å². The van der Waals surface area contributed by atoms with E-state index in [2.05, 4.69) is 60.1 Å². The van der Waals surface area contributed by atoms with E-state index in [1.165, 1.54) is 35.2 Å². The number of nitrogens with zero attached hydrogens (tertiary/aromatic N) is 4. The van der Waals surface area contributed by atoms with Gasteiger partial charge in [0.25, 0.3) is 0 Å². The zero-order chi connectivity index (χ0) is 32.1. The SMILES string of the molecule is [C-]#[N+]c1c(N)nc(SCc2csc(Nc3ccc(F)cc3)n2)c(C#N)c1-c1ccc(OCC(C)O[Si](C)(C)C(C)(C)C)cc1. The Morgan fingerprint density at radius 3 is 2.45 bits per heavy atom. The van der Waals surface area contributed by atoms with Crippen LogP contribution >= 0.6 is 23.1 Å². The first-order chi connectivity index (χ1) is 20.8. The third-order valence-electron chi connectivity index (χ3n) is 7.32. The highest BCUT2D eigenvalue weighted by Crippen LogP contribution is 2.42. The molecule has 0 spiro atoms. The molecule has 2 aromatic carbocycles. The lowest BCUT2D eigenvalue weighted by molar-refractivity contribution is 0.129. The molecule has 2 heterocycles. The van der Waals surface area contributed by atoms with Crippen LogP contribution in [0.3, 0.4) is 0 Å². The maximum Gasteiger partial charge on any atom is 0.236 e. The average molecular weight is 647 g/mol. The number of nitrogens with one attached hydrogen (secondary N) is 1. The predicted octanol–water partition coefficient (Wildman–Crippen LogP) is 9.17. The number of nitriles is 1. The number of halogens is 1. The highest BCUT2D eigenvalue weighted by atomic mass is 32.2. The summed E-state index contributed by atoms with van der Waals surface area (Å²) in [6.45, 7) is 21.2. The lowest BCUT2D eigenvalue weighted by Gasteiger charge is -2.38. The summed E-state index contributed by atoms with van der Waals surface area (Å²) in [5.41, 5.74) is 9.25. The summed E-state index contributed by atoms with van der Waals surface area (Å²) < 4.78 is 25.6. The lowest BCUT2D eigenvalue weighted by atomic mass is 10.00. The van der Waals surface area contributed by atoms with E-state index in [9.17, 15) is 9.65 Å². The molecule has 4 aromatic rings. The highest BCUT2D eigenvalue weighted by molar-refractivity contribution is 7.98. The number of aromatic nitrogens is 2. The third kappa shape index (κ3) is 7.95. The maximum atomic E-state index is 13.2. The molecule has 3 N–H and O–H groups in total. The van der Waals surface area contributed by atoms with Gasteiger partial charge in [0, 0.05) is 22.4 Å². The van der Waals surface area contributed by atoms with Crippen molar-refractivity contribution in [2.45, 2.75) is 62.7 Å². The largest absolute Gasteiger partial charge is 0.491 e. The van der Waals surface area contributed by atoms with Crippen LogP contribution < -0.4 is 15.8 Å².